The third-order valence-electron chi connectivity index (χ3n) is 4.92. The number of hydrogen-bond donors (Lipinski definition) is 1. The molecule has 1 N–H and O–H groups in total. The fourth-order valence-corrected chi connectivity index (χ4v) is 4.34. The van der Waals surface area contributed by atoms with Crippen LogP contribution in [0.4, 0.5) is 11.4 Å². The molecule has 26 heavy (non-hydrogen) atoms. The van der Waals surface area contributed by atoms with Gasteiger partial charge in [-0.1, -0.05) is 6.92 Å². The topological polar surface area (TPSA) is 67.9 Å². The lowest BCUT2D eigenvalue weighted by Crippen LogP contribution is -2.32. The summed E-state index contributed by atoms with van der Waals surface area (Å²) in [5, 5.41) is 0. The maximum absolute atomic E-state index is 12.6. The van der Waals surface area contributed by atoms with Crippen LogP contribution in [0.25, 0.3) is 0 Å². The van der Waals surface area contributed by atoms with Crippen molar-refractivity contribution in [2.45, 2.75) is 24.7 Å². The molecule has 0 amide bonds. The second-order valence-electron chi connectivity index (χ2n) is 6.84. The third-order valence-corrected chi connectivity index (χ3v) is 6.30. The first-order valence-corrected chi connectivity index (χ1v) is 10.3. The summed E-state index contributed by atoms with van der Waals surface area (Å²) >= 11 is 0. The first kappa shape index (κ1) is 17.0. The summed E-state index contributed by atoms with van der Waals surface area (Å²) in [5.41, 5.74) is 1.67. The Kier molecular flexibility index (Phi) is 4.40. The lowest BCUT2D eigenvalue weighted by Gasteiger charge is -2.32. The zero-order valence-corrected chi connectivity index (χ0v) is 15.5. The van der Waals surface area contributed by atoms with Crippen molar-refractivity contribution < 1.29 is 17.9 Å². The second kappa shape index (κ2) is 6.72. The van der Waals surface area contributed by atoms with Crippen molar-refractivity contribution >= 4 is 21.4 Å². The lowest BCUT2D eigenvalue weighted by molar-refractivity contribution is 0.174. The zero-order valence-electron chi connectivity index (χ0n) is 14.6. The summed E-state index contributed by atoms with van der Waals surface area (Å²) in [6.45, 7) is 4.49. The molecule has 138 valence electrons. The Hall–Kier alpha value is -2.41. The van der Waals surface area contributed by atoms with Crippen LogP contribution in [0.3, 0.4) is 0 Å². The summed E-state index contributed by atoms with van der Waals surface area (Å²) in [5.74, 6) is 1.78. The number of nitrogens with zero attached hydrogens (tertiary/aromatic N) is 1. The van der Waals surface area contributed by atoms with E-state index in [1.807, 2.05) is 12.1 Å². The molecule has 0 aliphatic carbocycles. The molecular weight excluding hydrogens is 352 g/mol. The first-order chi connectivity index (χ1) is 12.5. The van der Waals surface area contributed by atoms with Crippen LogP contribution in [0.1, 0.15) is 19.8 Å². The van der Waals surface area contributed by atoms with E-state index in [-0.39, 0.29) is 11.7 Å². The van der Waals surface area contributed by atoms with Crippen LogP contribution in [0, 0.1) is 5.92 Å². The number of sulfonamides is 1. The average molecular weight is 374 g/mol. The third kappa shape index (κ3) is 3.44. The first-order valence-electron chi connectivity index (χ1n) is 8.79. The number of benzene rings is 2. The minimum Gasteiger partial charge on any atom is -0.454 e. The Morgan fingerprint density at radius 2 is 1.69 bits per heavy atom. The zero-order chi connectivity index (χ0) is 18.1. The minimum atomic E-state index is -3.68. The van der Waals surface area contributed by atoms with Gasteiger partial charge in [0.05, 0.1) is 4.90 Å². The largest absolute Gasteiger partial charge is 0.454 e. The number of fused-ring (bicyclic) bond motifs is 1. The molecule has 1 fully saturated rings. The molecule has 6 nitrogen and oxygen atoms in total. The smallest absolute Gasteiger partial charge is 0.262 e. The molecule has 2 aromatic rings. The normalized spacial score (nSPS) is 17.3. The van der Waals surface area contributed by atoms with Gasteiger partial charge in [-0.15, -0.1) is 0 Å². The molecule has 7 heteroatoms. The van der Waals surface area contributed by atoms with Gasteiger partial charge in [0.15, 0.2) is 11.5 Å². The van der Waals surface area contributed by atoms with Gasteiger partial charge in [-0.25, -0.2) is 8.42 Å². The fraction of sp³-hybridized carbons (Fsp3) is 0.368. The second-order valence-corrected chi connectivity index (χ2v) is 8.52. The van der Waals surface area contributed by atoms with E-state index < -0.39 is 10.0 Å². The predicted molar refractivity (Wildman–Crippen MR) is 100 cm³/mol. The maximum Gasteiger partial charge on any atom is 0.262 e. The molecule has 4 rings (SSSR count). The summed E-state index contributed by atoms with van der Waals surface area (Å²) in [4.78, 5) is 2.49. The molecular formula is C19H22N2O4S. The quantitative estimate of drug-likeness (QED) is 0.888. The Morgan fingerprint density at radius 3 is 2.42 bits per heavy atom. The number of piperidine rings is 1. The lowest BCUT2D eigenvalue weighted by atomic mass is 9.99. The van der Waals surface area contributed by atoms with Crippen LogP contribution in [-0.2, 0) is 10.0 Å². The molecule has 0 bridgehead atoms. The van der Waals surface area contributed by atoms with Gasteiger partial charge in [0.25, 0.3) is 10.0 Å². The van der Waals surface area contributed by atoms with Gasteiger partial charge in [0.2, 0.25) is 6.79 Å². The molecule has 2 heterocycles. The van der Waals surface area contributed by atoms with Crippen LogP contribution in [-0.4, -0.2) is 28.3 Å². The van der Waals surface area contributed by atoms with Crippen molar-refractivity contribution in [1.29, 1.82) is 0 Å². The number of nitrogens with one attached hydrogen (secondary N) is 1. The van der Waals surface area contributed by atoms with Gasteiger partial charge in [-0.05, 0) is 55.2 Å². The molecule has 0 spiro atoms. The Labute approximate surface area is 153 Å². The molecule has 2 aromatic carbocycles. The molecule has 0 atom stereocenters. The molecule has 2 aliphatic heterocycles. The highest BCUT2D eigenvalue weighted by atomic mass is 32.2. The van der Waals surface area contributed by atoms with Crippen LogP contribution < -0.4 is 19.1 Å². The number of hydrogen-bond acceptors (Lipinski definition) is 5. The number of anilines is 2. The van der Waals surface area contributed by atoms with Crippen molar-refractivity contribution in [2.75, 3.05) is 29.5 Å². The Morgan fingerprint density at radius 1 is 1.00 bits per heavy atom. The van der Waals surface area contributed by atoms with E-state index in [0.29, 0.717) is 17.2 Å². The van der Waals surface area contributed by atoms with Crippen LogP contribution in [0.15, 0.2) is 47.4 Å². The van der Waals surface area contributed by atoms with Crippen molar-refractivity contribution in [3.63, 3.8) is 0 Å². The van der Waals surface area contributed by atoms with Crippen LogP contribution in [0.5, 0.6) is 11.5 Å². The summed E-state index contributed by atoms with van der Waals surface area (Å²) in [6, 6.07) is 12.1. The van der Waals surface area contributed by atoms with E-state index in [1.165, 1.54) is 25.0 Å². The Balaban J connectivity index is 1.48. The van der Waals surface area contributed by atoms with E-state index in [1.54, 1.807) is 18.2 Å². The maximum atomic E-state index is 12.6. The van der Waals surface area contributed by atoms with Gasteiger partial charge in [0, 0.05) is 30.5 Å². The highest BCUT2D eigenvalue weighted by molar-refractivity contribution is 7.92. The van der Waals surface area contributed by atoms with Crippen molar-refractivity contribution in [3.05, 3.63) is 42.5 Å². The van der Waals surface area contributed by atoms with Crippen molar-refractivity contribution in [2.24, 2.45) is 5.92 Å². The highest BCUT2D eigenvalue weighted by Crippen LogP contribution is 2.34. The fourth-order valence-electron chi connectivity index (χ4n) is 3.27. The molecule has 1 saturated heterocycles. The predicted octanol–water partition coefficient (Wildman–Crippen LogP) is 3.45. The minimum absolute atomic E-state index is 0.114. The summed E-state index contributed by atoms with van der Waals surface area (Å²) in [7, 11) is -3.68. The van der Waals surface area contributed by atoms with Gasteiger partial charge in [-0.2, -0.15) is 0 Å². The monoisotopic (exact) mass is 374 g/mol. The van der Waals surface area contributed by atoms with Gasteiger partial charge in [-0.3, -0.25) is 4.72 Å². The van der Waals surface area contributed by atoms with Crippen molar-refractivity contribution in [1.82, 2.24) is 0 Å². The average Bonchev–Trinajstić information content (AvgIpc) is 3.11. The van der Waals surface area contributed by atoms with Gasteiger partial charge in [0.1, 0.15) is 0 Å². The molecule has 0 radical (unpaired) electrons. The number of ether oxygens (including phenoxy) is 2. The van der Waals surface area contributed by atoms with Gasteiger partial charge < -0.3 is 14.4 Å². The summed E-state index contributed by atoms with van der Waals surface area (Å²) < 4.78 is 38.3. The van der Waals surface area contributed by atoms with Crippen molar-refractivity contribution in [3.8, 4) is 11.5 Å². The molecule has 2 aliphatic rings. The summed E-state index contributed by atoms with van der Waals surface area (Å²) in [6.07, 6.45) is 2.39. The molecule has 0 unspecified atom stereocenters. The van der Waals surface area contributed by atoms with E-state index in [9.17, 15) is 8.42 Å². The Bertz CT molecular complexity index is 888. The molecule has 0 aromatic heterocycles. The van der Waals surface area contributed by atoms with Crippen LogP contribution in [0.2, 0.25) is 0 Å². The van der Waals surface area contributed by atoms with E-state index in [2.05, 4.69) is 16.5 Å². The van der Waals surface area contributed by atoms with E-state index in [4.69, 9.17) is 9.47 Å². The standard InChI is InChI=1S/C19H22N2O4S/c1-14-8-10-21(11-9-14)16-4-2-15(3-5-16)20-26(22,23)17-6-7-18-19(12-17)25-13-24-18/h2-7,12,14,20H,8-11,13H2,1H3. The SMILES string of the molecule is CC1CCN(c2ccc(NS(=O)(=O)c3ccc4c(c3)OCO4)cc2)CC1. The van der Waals surface area contributed by atoms with Gasteiger partial charge >= 0.3 is 0 Å². The van der Waals surface area contributed by atoms with E-state index >= 15 is 0 Å². The van der Waals surface area contributed by atoms with Crippen LogP contribution >= 0.6 is 0 Å². The van der Waals surface area contributed by atoms with E-state index in [0.717, 1.165) is 24.7 Å². The highest BCUT2D eigenvalue weighted by Gasteiger charge is 2.21. The number of rotatable bonds is 4. The molecule has 0 saturated carbocycles.